The van der Waals surface area contributed by atoms with Gasteiger partial charge in [0.2, 0.25) is 0 Å². The summed E-state index contributed by atoms with van der Waals surface area (Å²) >= 11 is 0. The Balaban J connectivity index is 0.000000281. The standard InChI is InChI=1S/C7H8N2.C2H6/c1-3-7-8-4-2-6-9(7)5-1;1-2/h2-4,6H,1,5H2;1-2H3. The molecular weight excluding hydrogens is 136 g/mol. The topological polar surface area (TPSA) is 15.6 Å². The first kappa shape index (κ1) is 8.05. The third-order valence-electron chi connectivity index (χ3n) is 1.55. The summed E-state index contributed by atoms with van der Waals surface area (Å²) in [5.41, 5.74) is 0. The van der Waals surface area contributed by atoms with Crippen LogP contribution in [-0.4, -0.2) is 17.7 Å². The van der Waals surface area contributed by atoms with Crippen LogP contribution in [0.15, 0.2) is 29.2 Å². The highest BCUT2D eigenvalue weighted by Crippen LogP contribution is 2.17. The maximum atomic E-state index is 4.17. The molecule has 0 aromatic rings. The monoisotopic (exact) mass is 150 g/mol. The van der Waals surface area contributed by atoms with E-state index in [-0.39, 0.29) is 0 Å². The van der Waals surface area contributed by atoms with Gasteiger partial charge in [0, 0.05) is 19.0 Å². The third kappa shape index (κ3) is 1.70. The summed E-state index contributed by atoms with van der Waals surface area (Å²) in [7, 11) is 0. The molecule has 0 fully saturated rings. The van der Waals surface area contributed by atoms with Gasteiger partial charge >= 0.3 is 0 Å². The number of aliphatic imine (C=N–C) groups is 1. The van der Waals surface area contributed by atoms with Gasteiger partial charge in [-0.05, 0) is 18.6 Å². The van der Waals surface area contributed by atoms with E-state index < -0.39 is 0 Å². The fourth-order valence-corrected chi connectivity index (χ4v) is 1.10. The predicted octanol–water partition coefficient (Wildman–Crippen LogP) is 2.16. The lowest BCUT2D eigenvalue weighted by Crippen LogP contribution is -2.12. The molecule has 11 heavy (non-hydrogen) atoms. The molecule has 0 N–H and O–H groups in total. The first-order valence-electron chi connectivity index (χ1n) is 4.14. The molecule has 2 rings (SSSR count). The summed E-state index contributed by atoms with van der Waals surface area (Å²) in [4.78, 5) is 6.32. The van der Waals surface area contributed by atoms with Crippen LogP contribution in [0.3, 0.4) is 0 Å². The molecule has 0 saturated heterocycles. The van der Waals surface area contributed by atoms with Gasteiger partial charge in [0.15, 0.2) is 0 Å². The molecule has 0 saturated carbocycles. The van der Waals surface area contributed by atoms with Crippen LogP contribution in [0.4, 0.5) is 0 Å². The van der Waals surface area contributed by atoms with Gasteiger partial charge in [0.05, 0.1) is 0 Å². The second-order valence-electron chi connectivity index (χ2n) is 2.16. The largest absolute Gasteiger partial charge is 0.333 e. The lowest BCUT2D eigenvalue weighted by molar-refractivity contribution is 0.503. The van der Waals surface area contributed by atoms with E-state index in [4.69, 9.17) is 0 Å². The number of hydrogen-bond donors (Lipinski definition) is 0. The maximum absolute atomic E-state index is 4.17. The molecule has 0 bridgehead atoms. The van der Waals surface area contributed by atoms with Crippen molar-refractivity contribution in [1.82, 2.24) is 4.90 Å². The van der Waals surface area contributed by atoms with E-state index in [0.29, 0.717) is 0 Å². The van der Waals surface area contributed by atoms with Crippen LogP contribution in [0.1, 0.15) is 20.3 Å². The molecular formula is C9H14N2. The van der Waals surface area contributed by atoms with Crippen molar-refractivity contribution in [3.63, 3.8) is 0 Å². The average Bonchev–Trinajstić information content (AvgIpc) is 2.55. The molecule has 2 aliphatic heterocycles. The lowest BCUT2D eigenvalue weighted by atomic mass is 10.5. The minimum atomic E-state index is 1.10. The fraction of sp³-hybridized carbons (Fsp3) is 0.444. The zero-order chi connectivity index (χ0) is 8.10. The molecule has 0 amide bonds. The summed E-state index contributed by atoms with van der Waals surface area (Å²) in [5, 5.41) is 0. The summed E-state index contributed by atoms with van der Waals surface area (Å²) in [6, 6.07) is 0. The Hall–Kier alpha value is -1.05. The van der Waals surface area contributed by atoms with E-state index in [9.17, 15) is 0 Å². The highest BCUT2D eigenvalue weighted by molar-refractivity contribution is 5.73. The van der Waals surface area contributed by atoms with Gasteiger partial charge in [-0.2, -0.15) is 0 Å². The van der Waals surface area contributed by atoms with Crippen molar-refractivity contribution in [3.8, 4) is 0 Å². The molecule has 2 aliphatic rings. The molecule has 0 aliphatic carbocycles. The average molecular weight is 150 g/mol. The summed E-state index contributed by atoms with van der Waals surface area (Å²) in [6.07, 6.45) is 9.14. The van der Waals surface area contributed by atoms with Crippen molar-refractivity contribution in [2.45, 2.75) is 20.3 Å². The molecule has 0 spiro atoms. The fourth-order valence-electron chi connectivity index (χ4n) is 1.10. The van der Waals surface area contributed by atoms with Gasteiger partial charge in [-0.15, -0.1) is 0 Å². The summed E-state index contributed by atoms with van der Waals surface area (Å²) in [6.45, 7) is 5.10. The van der Waals surface area contributed by atoms with Crippen molar-refractivity contribution < 1.29 is 0 Å². The quantitative estimate of drug-likeness (QED) is 0.516. The molecule has 0 unspecified atom stereocenters. The van der Waals surface area contributed by atoms with Crippen LogP contribution in [0.5, 0.6) is 0 Å². The van der Waals surface area contributed by atoms with Crippen LogP contribution in [0, 0.1) is 0 Å². The Labute approximate surface area is 67.9 Å². The second kappa shape index (κ2) is 3.96. The Kier molecular flexibility index (Phi) is 2.90. The molecule has 0 radical (unpaired) electrons. The van der Waals surface area contributed by atoms with Crippen molar-refractivity contribution in [3.05, 3.63) is 24.2 Å². The third-order valence-corrected chi connectivity index (χ3v) is 1.55. The van der Waals surface area contributed by atoms with E-state index in [0.717, 1.165) is 18.8 Å². The number of allylic oxidation sites excluding steroid dienone is 1. The molecule has 60 valence electrons. The van der Waals surface area contributed by atoms with Gasteiger partial charge in [0.25, 0.3) is 0 Å². The van der Waals surface area contributed by atoms with Gasteiger partial charge in [-0.25, -0.2) is 4.99 Å². The summed E-state index contributed by atoms with van der Waals surface area (Å²) in [5.74, 6) is 1.11. The Morgan fingerprint density at radius 1 is 1.45 bits per heavy atom. The number of hydrogen-bond acceptors (Lipinski definition) is 2. The van der Waals surface area contributed by atoms with E-state index in [1.54, 1.807) is 0 Å². The van der Waals surface area contributed by atoms with Crippen molar-refractivity contribution in [2.75, 3.05) is 6.54 Å². The minimum absolute atomic E-state index is 1.10. The van der Waals surface area contributed by atoms with E-state index in [1.807, 2.05) is 26.1 Å². The lowest BCUT2D eigenvalue weighted by Gasteiger charge is -2.15. The van der Waals surface area contributed by atoms with Gasteiger partial charge < -0.3 is 4.90 Å². The molecule has 2 heteroatoms. The first-order chi connectivity index (χ1) is 5.47. The van der Waals surface area contributed by atoms with Crippen molar-refractivity contribution >= 4 is 6.21 Å². The SMILES string of the molecule is C1=CN2CCC=C2N=C1.CC. The van der Waals surface area contributed by atoms with Crippen LogP contribution in [0.25, 0.3) is 0 Å². The highest BCUT2D eigenvalue weighted by Gasteiger charge is 2.11. The number of rotatable bonds is 0. The second-order valence-corrected chi connectivity index (χ2v) is 2.16. The zero-order valence-corrected chi connectivity index (χ0v) is 7.12. The molecule has 0 atom stereocenters. The van der Waals surface area contributed by atoms with E-state index >= 15 is 0 Å². The van der Waals surface area contributed by atoms with Crippen LogP contribution in [0.2, 0.25) is 0 Å². The Morgan fingerprint density at radius 3 is 3.00 bits per heavy atom. The van der Waals surface area contributed by atoms with Crippen LogP contribution < -0.4 is 0 Å². The number of fused-ring (bicyclic) bond motifs is 1. The zero-order valence-electron chi connectivity index (χ0n) is 7.12. The molecule has 2 heterocycles. The predicted molar refractivity (Wildman–Crippen MR) is 48.4 cm³/mol. The Bertz CT molecular complexity index is 199. The normalized spacial score (nSPS) is 18.7. The van der Waals surface area contributed by atoms with E-state index in [1.165, 1.54) is 0 Å². The molecule has 2 nitrogen and oxygen atoms in total. The number of nitrogens with zero attached hydrogens (tertiary/aromatic N) is 2. The Morgan fingerprint density at radius 2 is 2.27 bits per heavy atom. The summed E-state index contributed by atoms with van der Waals surface area (Å²) < 4.78 is 0. The highest BCUT2D eigenvalue weighted by atomic mass is 15.2. The van der Waals surface area contributed by atoms with Gasteiger partial charge in [-0.1, -0.05) is 13.8 Å². The van der Waals surface area contributed by atoms with Crippen molar-refractivity contribution in [2.24, 2.45) is 4.99 Å². The van der Waals surface area contributed by atoms with Crippen LogP contribution in [-0.2, 0) is 0 Å². The molecule has 0 aromatic heterocycles. The van der Waals surface area contributed by atoms with Crippen molar-refractivity contribution in [1.29, 1.82) is 0 Å². The van der Waals surface area contributed by atoms with Gasteiger partial charge in [-0.3, -0.25) is 0 Å². The van der Waals surface area contributed by atoms with Crippen LogP contribution >= 0.6 is 0 Å². The van der Waals surface area contributed by atoms with Gasteiger partial charge in [0.1, 0.15) is 5.82 Å². The van der Waals surface area contributed by atoms with E-state index in [2.05, 4.69) is 22.2 Å². The minimum Gasteiger partial charge on any atom is -0.333 e. The first-order valence-corrected chi connectivity index (χ1v) is 4.14. The molecule has 0 aromatic carbocycles. The smallest absolute Gasteiger partial charge is 0.128 e. The maximum Gasteiger partial charge on any atom is 0.128 e.